The van der Waals surface area contributed by atoms with E-state index in [2.05, 4.69) is 27.3 Å². The van der Waals surface area contributed by atoms with Gasteiger partial charge in [0.05, 0.1) is 13.2 Å². The molecule has 28 heavy (non-hydrogen) atoms. The molecule has 1 aromatic rings. The number of hydrogen-bond donors (Lipinski definition) is 1. The van der Waals surface area contributed by atoms with Crippen LogP contribution in [-0.2, 0) is 16.1 Å². The summed E-state index contributed by atoms with van der Waals surface area (Å²) in [6.07, 6.45) is 0.914. The van der Waals surface area contributed by atoms with Crippen LogP contribution in [0.2, 0.25) is 0 Å². The Morgan fingerprint density at radius 1 is 1.14 bits per heavy atom. The molecule has 0 saturated carbocycles. The Labute approximate surface area is 166 Å². The van der Waals surface area contributed by atoms with Crippen LogP contribution >= 0.6 is 0 Å². The number of hydrogen-bond acceptors (Lipinski definition) is 6. The maximum atomic E-state index is 12.6. The van der Waals surface area contributed by atoms with Crippen LogP contribution in [-0.4, -0.2) is 109 Å². The lowest BCUT2D eigenvalue weighted by Crippen LogP contribution is -2.47. The first-order chi connectivity index (χ1) is 13.5. The minimum absolute atomic E-state index is 0.0548. The molecular weight excluding hydrogens is 360 g/mol. The van der Waals surface area contributed by atoms with Crippen molar-refractivity contribution in [1.29, 1.82) is 0 Å². The summed E-state index contributed by atoms with van der Waals surface area (Å²) in [7, 11) is 2.06. The van der Waals surface area contributed by atoms with Gasteiger partial charge in [0.25, 0.3) is 5.91 Å². The number of ether oxygens (including phenoxy) is 1. The van der Waals surface area contributed by atoms with Crippen molar-refractivity contribution in [2.45, 2.75) is 19.9 Å². The van der Waals surface area contributed by atoms with E-state index in [1.54, 1.807) is 10.7 Å². The number of piperazine rings is 1. The van der Waals surface area contributed by atoms with Crippen molar-refractivity contribution in [3.05, 3.63) is 17.5 Å². The predicted octanol–water partition coefficient (Wildman–Crippen LogP) is -0.582. The lowest BCUT2D eigenvalue weighted by atomic mass is 10.3. The fourth-order valence-electron chi connectivity index (χ4n) is 3.49. The average Bonchev–Trinajstić information content (AvgIpc) is 3.06. The molecule has 0 unspecified atom stereocenters. The number of nitrogens with one attached hydrogen (secondary N) is 1. The highest BCUT2D eigenvalue weighted by Crippen LogP contribution is 2.09. The van der Waals surface area contributed by atoms with Crippen molar-refractivity contribution < 1.29 is 14.3 Å². The van der Waals surface area contributed by atoms with Gasteiger partial charge in [0.1, 0.15) is 6.54 Å². The summed E-state index contributed by atoms with van der Waals surface area (Å²) in [5.41, 5.74) is 1.24. The van der Waals surface area contributed by atoms with E-state index in [0.29, 0.717) is 25.3 Å². The summed E-state index contributed by atoms with van der Waals surface area (Å²) in [6.45, 7) is 10.3. The van der Waals surface area contributed by atoms with Crippen LogP contribution in [0, 0.1) is 6.92 Å². The van der Waals surface area contributed by atoms with E-state index < -0.39 is 0 Å². The third-order valence-corrected chi connectivity index (χ3v) is 5.36. The second-order valence-electron chi connectivity index (χ2n) is 7.58. The molecule has 1 aromatic heterocycles. The molecule has 9 heteroatoms. The van der Waals surface area contributed by atoms with E-state index in [4.69, 9.17) is 4.74 Å². The molecule has 0 atom stereocenters. The van der Waals surface area contributed by atoms with Crippen molar-refractivity contribution >= 4 is 11.8 Å². The summed E-state index contributed by atoms with van der Waals surface area (Å²) in [4.78, 5) is 31.2. The third-order valence-electron chi connectivity index (χ3n) is 5.36. The molecule has 2 fully saturated rings. The average molecular weight is 393 g/mol. The van der Waals surface area contributed by atoms with Crippen LogP contribution in [0.3, 0.4) is 0 Å². The van der Waals surface area contributed by atoms with Gasteiger partial charge in [-0.25, -0.2) is 0 Å². The minimum Gasteiger partial charge on any atom is -0.379 e. The van der Waals surface area contributed by atoms with Crippen molar-refractivity contribution in [3.8, 4) is 0 Å². The zero-order valence-electron chi connectivity index (χ0n) is 17.0. The van der Waals surface area contributed by atoms with E-state index in [9.17, 15) is 9.59 Å². The Morgan fingerprint density at radius 3 is 2.57 bits per heavy atom. The Bertz CT molecular complexity index is 663. The van der Waals surface area contributed by atoms with E-state index >= 15 is 0 Å². The van der Waals surface area contributed by atoms with Crippen LogP contribution in [0.15, 0.2) is 6.07 Å². The van der Waals surface area contributed by atoms with Gasteiger partial charge in [-0.2, -0.15) is 5.10 Å². The quantitative estimate of drug-likeness (QED) is 0.625. The maximum Gasteiger partial charge on any atom is 0.274 e. The minimum atomic E-state index is -0.0771. The SMILES string of the molecule is Cc1cc(C(=O)N2CCN(C)CC2)nn1CC(=O)NCCCN1CCOCC1. The van der Waals surface area contributed by atoms with E-state index in [-0.39, 0.29) is 18.4 Å². The van der Waals surface area contributed by atoms with Gasteiger partial charge in [-0.1, -0.05) is 0 Å². The topological polar surface area (TPSA) is 82.9 Å². The van der Waals surface area contributed by atoms with Crippen molar-refractivity contribution in [2.24, 2.45) is 0 Å². The van der Waals surface area contributed by atoms with E-state index in [0.717, 1.165) is 58.1 Å². The molecule has 9 nitrogen and oxygen atoms in total. The molecule has 0 aliphatic carbocycles. The van der Waals surface area contributed by atoms with Gasteiger partial charge in [-0.3, -0.25) is 19.2 Å². The summed E-state index contributed by atoms with van der Waals surface area (Å²) in [5.74, 6) is -0.132. The van der Waals surface area contributed by atoms with E-state index in [1.165, 1.54) is 0 Å². The Kier molecular flexibility index (Phi) is 7.41. The molecule has 2 aliphatic heterocycles. The first-order valence-corrected chi connectivity index (χ1v) is 10.1. The third kappa shape index (κ3) is 5.76. The second-order valence-corrected chi connectivity index (χ2v) is 7.58. The van der Waals surface area contributed by atoms with Gasteiger partial charge in [0.15, 0.2) is 5.69 Å². The Balaban J connectivity index is 1.42. The molecule has 0 spiro atoms. The van der Waals surface area contributed by atoms with Gasteiger partial charge in [-0.05, 0) is 33.0 Å². The number of amides is 2. The van der Waals surface area contributed by atoms with Crippen LogP contribution in [0.4, 0.5) is 0 Å². The fourth-order valence-corrected chi connectivity index (χ4v) is 3.49. The van der Waals surface area contributed by atoms with Crippen LogP contribution in [0.5, 0.6) is 0 Å². The highest BCUT2D eigenvalue weighted by Gasteiger charge is 2.23. The molecule has 0 bridgehead atoms. The first-order valence-electron chi connectivity index (χ1n) is 10.1. The fraction of sp³-hybridized carbons (Fsp3) is 0.737. The van der Waals surface area contributed by atoms with Gasteiger partial charge in [0, 0.05) is 51.5 Å². The van der Waals surface area contributed by atoms with Crippen LogP contribution in [0.1, 0.15) is 22.6 Å². The van der Waals surface area contributed by atoms with Crippen LogP contribution < -0.4 is 5.32 Å². The van der Waals surface area contributed by atoms with Crippen molar-refractivity contribution in [2.75, 3.05) is 72.6 Å². The standard InChI is InChI=1S/C19H32N6O3/c1-16-14-17(19(27)24-8-6-22(2)7-9-24)21-25(16)15-18(26)20-4-3-5-23-10-12-28-13-11-23/h14H,3-13,15H2,1-2H3,(H,20,26). The van der Waals surface area contributed by atoms with Crippen molar-refractivity contribution in [1.82, 2.24) is 29.8 Å². The Morgan fingerprint density at radius 2 is 1.86 bits per heavy atom. The number of likely N-dealkylation sites (N-methyl/N-ethyl adjacent to an activating group) is 1. The molecule has 3 heterocycles. The molecular formula is C19H32N6O3. The monoisotopic (exact) mass is 392 g/mol. The molecule has 2 amide bonds. The van der Waals surface area contributed by atoms with Gasteiger partial charge >= 0.3 is 0 Å². The van der Waals surface area contributed by atoms with Gasteiger partial charge in [-0.15, -0.1) is 0 Å². The summed E-state index contributed by atoms with van der Waals surface area (Å²) in [5, 5.41) is 7.32. The number of rotatable bonds is 7. The van der Waals surface area contributed by atoms with Gasteiger partial charge in [0.2, 0.25) is 5.91 Å². The molecule has 3 rings (SSSR count). The summed E-state index contributed by atoms with van der Waals surface area (Å²) in [6, 6.07) is 1.77. The highest BCUT2D eigenvalue weighted by atomic mass is 16.5. The zero-order chi connectivity index (χ0) is 19.9. The predicted molar refractivity (Wildman–Crippen MR) is 105 cm³/mol. The number of aromatic nitrogens is 2. The normalized spacial score (nSPS) is 19.0. The number of aryl methyl sites for hydroxylation is 1. The molecule has 0 aromatic carbocycles. The molecule has 2 saturated heterocycles. The number of carbonyl (C=O) groups excluding carboxylic acids is 2. The van der Waals surface area contributed by atoms with E-state index in [1.807, 2.05) is 11.8 Å². The highest BCUT2D eigenvalue weighted by molar-refractivity contribution is 5.92. The zero-order valence-corrected chi connectivity index (χ0v) is 17.0. The molecule has 2 aliphatic rings. The van der Waals surface area contributed by atoms with Crippen molar-refractivity contribution in [3.63, 3.8) is 0 Å². The van der Waals surface area contributed by atoms with Gasteiger partial charge < -0.3 is 19.9 Å². The molecule has 0 radical (unpaired) electrons. The summed E-state index contributed by atoms with van der Waals surface area (Å²) >= 11 is 0. The summed E-state index contributed by atoms with van der Waals surface area (Å²) < 4.78 is 6.95. The van der Waals surface area contributed by atoms with Crippen LogP contribution in [0.25, 0.3) is 0 Å². The Hall–Kier alpha value is -1.97. The lowest BCUT2D eigenvalue weighted by molar-refractivity contribution is -0.121. The lowest BCUT2D eigenvalue weighted by Gasteiger charge is -2.31. The molecule has 1 N–H and O–H groups in total. The molecule has 156 valence electrons. The largest absolute Gasteiger partial charge is 0.379 e. The number of morpholine rings is 1. The first kappa shape index (κ1) is 20.8. The smallest absolute Gasteiger partial charge is 0.274 e. The number of nitrogens with zero attached hydrogens (tertiary/aromatic N) is 5. The number of carbonyl (C=O) groups is 2. The maximum absolute atomic E-state index is 12.6. The second kappa shape index (κ2) is 9.99.